The molecule has 144 valence electrons. The molecule has 2 aromatic rings. The number of nitriles is 1. The molecule has 1 aliphatic rings. The summed E-state index contributed by atoms with van der Waals surface area (Å²) in [5.74, 6) is 0.0741. The van der Waals surface area contributed by atoms with E-state index in [1.54, 1.807) is 6.33 Å². The first kappa shape index (κ1) is 19.9. The lowest BCUT2D eigenvalue weighted by molar-refractivity contribution is -0.113. The zero-order chi connectivity index (χ0) is 19.8. The maximum absolute atomic E-state index is 12.5. The van der Waals surface area contributed by atoms with Crippen LogP contribution in [0.3, 0.4) is 0 Å². The number of thioether (sulfide) groups is 1. The average Bonchev–Trinajstić information content (AvgIpc) is 3.15. The highest BCUT2D eigenvalue weighted by atomic mass is 32.2. The Morgan fingerprint density at radius 3 is 2.89 bits per heavy atom. The molecule has 0 fully saturated rings. The molecule has 1 amide bonds. The van der Waals surface area contributed by atoms with Gasteiger partial charge >= 0.3 is 0 Å². The zero-order valence-electron chi connectivity index (χ0n) is 16.2. The van der Waals surface area contributed by atoms with Crippen molar-refractivity contribution in [3.63, 3.8) is 0 Å². The van der Waals surface area contributed by atoms with Gasteiger partial charge in [-0.2, -0.15) is 5.26 Å². The first-order valence-corrected chi connectivity index (χ1v) is 10.6. The molecule has 0 spiro atoms. The van der Waals surface area contributed by atoms with E-state index in [9.17, 15) is 10.1 Å². The minimum Gasteiger partial charge on any atom is -0.316 e. The van der Waals surface area contributed by atoms with E-state index in [0.29, 0.717) is 15.7 Å². The summed E-state index contributed by atoms with van der Waals surface area (Å²) in [6, 6.07) is 2.31. The fourth-order valence-electron chi connectivity index (χ4n) is 3.60. The molecule has 2 aromatic heterocycles. The number of aryl methyl sites for hydroxylation is 1. The third-order valence-corrected chi connectivity index (χ3v) is 6.91. The van der Waals surface area contributed by atoms with Gasteiger partial charge in [-0.25, -0.2) is 0 Å². The molecular weight excluding hydrogens is 380 g/mol. The monoisotopic (exact) mass is 404 g/mol. The summed E-state index contributed by atoms with van der Waals surface area (Å²) in [7, 11) is 0. The Morgan fingerprint density at radius 1 is 1.48 bits per heavy atom. The number of nitrogens with zero attached hydrogens (tertiary/aromatic N) is 4. The Morgan fingerprint density at radius 2 is 2.22 bits per heavy atom. The number of aromatic nitrogens is 3. The van der Waals surface area contributed by atoms with Gasteiger partial charge in [0.1, 0.15) is 17.4 Å². The number of carbonyl (C=O) groups is 1. The van der Waals surface area contributed by atoms with Crippen molar-refractivity contribution in [1.29, 1.82) is 5.26 Å². The maximum Gasteiger partial charge on any atom is 0.235 e. The molecule has 27 heavy (non-hydrogen) atoms. The van der Waals surface area contributed by atoms with Crippen LogP contribution in [-0.2, 0) is 23.3 Å². The summed E-state index contributed by atoms with van der Waals surface area (Å²) < 4.78 is 1.89. The van der Waals surface area contributed by atoms with Crippen molar-refractivity contribution in [2.24, 2.45) is 0 Å². The predicted octanol–water partition coefficient (Wildman–Crippen LogP) is 3.12. The van der Waals surface area contributed by atoms with E-state index in [0.717, 1.165) is 23.4 Å². The van der Waals surface area contributed by atoms with Gasteiger partial charge in [0.25, 0.3) is 0 Å². The molecular formula is C18H24N6OS2. The van der Waals surface area contributed by atoms with E-state index in [4.69, 9.17) is 0 Å². The molecule has 3 rings (SSSR count). The molecule has 0 saturated heterocycles. The van der Waals surface area contributed by atoms with Crippen LogP contribution in [0.5, 0.6) is 0 Å². The molecule has 0 atom stereocenters. The van der Waals surface area contributed by atoms with E-state index < -0.39 is 0 Å². The van der Waals surface area contributed by atoms with Gasteiger partial charge < -0.3 is 15.2 Å². The third-order valence-electron chi connectivity index (χ3n) is 4.46. The lowest BCUT2D eigenvalue weighted by Gasteiger charge is -2.42. The highest BCUT2D eigenvalue weighted by Gasteiger charge is 2.40. The van der Waals surface area contributed by atoms with Gasteiger partial charge in [-0.3, -0.25) is 4.79 Å². The zero-order valence-corrected chi connectivity index (χ0v) is 17.8. The van der Waals surface area contributed by atoms with Crippen molar-refractivity contribution in [1.82, 2.24) is 20.1 Å². The number of carbonyl (C=O) groups excluding carboxylic acids is 1. The number of hydrogen-bond donors (Lipinski definition) is 2. The maximum atomic E-state index is 12.5. The topological polar surface area (TPSA) is 95.6 Å². The number of nitrogens with one attached hydrogen (secondary N) is 2. The third kappa shape index (κ3) is 4.03. The summed E-state index contributed by atoms with van der Waals surface area (Å²) in [5, 5.41) is 25.5. The van der Waals surface area contributed by atoms with Crippen LogP contribution in [0.25, 0.3) is 0 Å². The van der Waals surface area contributed by atoms with Crippen LogP contribution in [-0.4, -0.2) is 32.0 Å². The van der Waals surface area contributed by atoms with Gasteiger partial charge in [0.2, 0.25) is 5.91 Å². The molecule has 0 bridgehead atoms. The molecule has 3 heterocycles. The van der Waals surface area contributed by atoms with Crippen molar-refractivity contribution in [3.8, 4) is 6.07 Å². The van der Waals surface area contributed by atoms with Gasteiger partial charge in [0, 0.05) is 22.5 Å². The summed E-state index contributed by atoms with van der Waals surface area (Å²) in [6.45, 7) is 11.3. The van der Waals surface area contributed by atoms with Crippen molar-refractivity contribution < 1.29 is 4.79 Å². The molecule has 9 heteroatoms. The average molecular weight is 405 g/mol. The van der Waals surface area contributed by atoms with Crippen LogP contribution in [0.1, 0.15) is 50.6 Å². The summed E-state index contributed by atoms with van der Waals surface area (Å²) in [6.07, 6.45) is 2.41. The number of fused-ring (bicyclic) bond motifs is 1. The standard InChI is InChI=1S/C18H24N6OS2/c1-6-24-10-20-22-16(24)26-9-13(25)21-15-12(8-19)11-7-17(2,3)23-18(4,5)14(11)27-15/h10,23H,6-7,9H2,1-5H3,(H,21,25). The lowest BCUT2D eigenvalue weighted by Crippen LogP contribution is -2.54. The van der Waals surface area contributed by atoms with Gasteiger partial charge in [-0.05, 0) is 46.6 Å². The fraction of sp³-hybridized carbons (Fsp3) is 0.556. The smallest absolute Gasteiger partial charge is 0.235 e. The van der Waals surface area contributed by atoms with E-state index in [1.165, 1.54) is 23.1 Å². The summed E-state index contributed by atoms with van der Waals surface area (Å²) >= 11 is 2.83. The molecule has 0 unspecified atom stereocenters. The highest BCUT2D eigenvalue weighted by molar-refractivity contribution is 7.99. The van der Waals surface area contributed by atoms with E-state index in [2.05, 4.69) is 54.6 Å². The second-order valence-corrected chi connectivity index (χ2v) is 9.74. The Labute approximate surface area is 167 Å². The second-order valence-electron chi connectivity index (χ2n) is 7.77. The first-order valence-electron chi connectivity index (χ1n) is 8.83. The fourth-order valence-corrected chi connectivity index (χ4v) is 5.62. The normalized spacial score (nSPS) is 17.2. The van der Waals surface area contributed by atoms with Gasteiger partial charge in [0.15, 0.2) is 5.16 Å². The van der Waals surface area contributed by atoms with Crippen molar-refractivity contribution >= 4 is 34.0 Å². The minimum absolute atomic E-state index is 0.107. The summed E-state index contributed by atoms with van der Waals surface area (Å²) in [5.41, 5.74) is 1.28. The first-order chi connectivity index (χ1) is 12.7. The van der Waals surface area contributed by atoms with E-state index in [-0.39, 0.29) is 22.7 Å². The van der Waals surface area contributed by atoms with Crippen molar-refractivity contribution in [3.05, 3.63) is 22.3 Å². The number of hydrogen-bond acceptors (Lipinski definition) is 7. The number of anilines is 1. The van der Waals surface area contributed by atoms with Crippen LogP contribution in [0.15, 0.2) is 11.5 Å². The quantitative estimate of drug-likeness (QED) is 0.744. The number of amides is 1. The molecule has 2 N–H and O–H groups in total. The van der Waals surface area contributed by atoms with Crippen LogP contribution >= 0.6 is 23.1 Å². The van der Waals surface area contributed by atoms with Crippen molar-refractivity contribution in [2.45, 2.75) is 63.8 Å². The van der Waals surface area contributed by atoms with Gasteiger partial charge in [0.05, 0.1) is 11.3 Å². The molecule has 7 nitrogen and oxygen atoms in total. The van der Waals surface area contributed by atoms with Crippen LogP contribution < -0.4 is 10.6 Å². The predicted molar refractivity (Wildman–Crippen MR) is 108 cm³/mol. The lowest BCUT2D eigenvalue weighted by atomic mass is 9.81. The molecule has 0 aliphatic carbocycles. The van der Waals surface area contributed by atoms with E-state index >= 15 is 0 Å². The van der Waals surface area contributed by atoms with Crippen LogP contribution in [0.4, 0.5) is 5.00 Å². The molecule has 0 saturated carbocycles. The Bertz CT molecular complexity index is 906. The van der Waals surface area contributed by atoms with Gasteiger partial charge in [-0.15, -0.1) is 21.5 Å². The molecule has 0 aromatic carbocycles. The Hall–Kier alpha value is -1.89. The number of thiophene rings is 1. The van der Waals surface area contributed by atoms with E-state index in [1.807, 2.05) is 11.5 Å². The SMILES string of the molecule is CCn1cnnc1SCC(=O)Nc1sc2c(c1C#N)CC(C)(C)NC2(C)C. The largest absolute Gasteiger partial charge is 0.316 e. The molecule has 0 radical (unpaired) electrons. The van der Waals surface area contributed by atoms with Crippen molar-refractivity contribution in [2.75, 3.05) is 11.1 Å². The number of rotatable bonds is 5. The second kappa shape index (κ2) is 7.26. The molecule has 1 aliphatic heterocycles. The summed E-state index contributed by atoms with van der Waals surface area (Å²) in [4.78, 5) is 13.6. The highest BCUT2D eigenvalue weighted by Crippen LogP contribution is 2.44. The van der Waals surface area contributed by atoms with Crippen LogP contribution in [0, 0.1) is 11.3 Å². The Kier molecular flexibility index (Phi) is 5.34. The minimum atomic E-state index is -0.247. The van der Waals surface area contributed by atoms with Gasteiger partial charge in [-0.1, -0.05) is 11.8 Å². The van der Waals surface area contributed by atoms with Crippen LogP contribution in [0.2, 0.25) is 0 Å². The Balaban J connectivity index is 1.79.